The van der Waals surface area contributed by atoms with Gasteiger partial charge in [0.25, 0.3) is 15.9 Å². The van der Waals surface area contributed by atoms with Crippen LogP contribution in [0.25, 0.3) is 0 Å². The maximum absolute atomic E-state index is 12.8. The maximum atomic E-state index is 12.8. The van der Waals surface area contributed by atoms with E-state index in [0.29, 0.717) is 5.69 Å². The van der Waals surface area contributed by atoms with Gasteiger partial charge in [0.1, 0.15) is 0 Å². The Kier molecular flexibility index (Phi) is 5.51. The minimum atomic E-state index is -3.80. The van der Waals surface area contributed by atoms with Crippen LogP contribution in [0.15, 0.2) is 53.4 Å². The fourth-order valence-electron chi connectivity index (χ4n) is 2.11. The van der Waals surface area contributed by atoms with Gasteiger partial charge in [0, 0.05) is 13.1 Å². The van der Waals surface area contributed by atoms with Crippen molar-refractivity contribution in [3.05, 3.63) is 59.1 Å². The summed E-state index contributed by atoms with van der Waals surface area (Å²) >= 11 is 6.05. The third kappa shape index (κ3) is 3.88. The molecule has 0 heterocycles. The Balaban J connectivity index is 2.43. The molecule has 128 valence electrons. The second kappa shape index (κ2) is 7.23. The monoisotopic (exact) mass is 366 g/mol. The number of sulfonamides is 1. The van der Waals surface area contributed by atoms with E-state index in [4.69, 9.17) is 11.6 Å². The van der Waals surface area contributed by atoms with Crippen LogP contribution in [0.4, 0.5) is 5.69 Å². The Hall–Kier alpha value is -2.05. The molecule has 0 radical (unpaired) electrons. The van der Waals surface area contributed by atoms with Gasteiger partial charge in [-0.3, -0.25) is 9.10 Å². The van der Waals surface area contributed by atoms with Crippen LogP contribution in [-0.2, 0) is 10.0 Å². The van der Waals surface area contributed by atoms with Crippen LogP contribution in [0.3, 0.4) is 0 Å². The molecule has 2 rings (SSSR count). The number of amides is 1. The Labute approximate surface area is 147 Å². The molecule has 24 heavy (non-hydrogen) atoms. The van der Waals surface area contributed by atoms with Crippen molar-refractivity contribution in [3.63, 3.8) is 0 Å². The van der Waals surface area contributed by atoms with Gasteiger partial charge in [-0.2, -0.15) is 0 Å². The number of hydrogen-bond donors (Lipinski definition) is 1. The summed E-state index contributed by atoms with van der Waals surface area (Å²) in [5, 5.41) is 2.91. The number of nitrogens with zero attached hydrogens (tertiary/aromatic N) is 1. The van der Waals surface area contributed by atoms with Gasteiger partial charge in [-0.05, 0) is 44.2 Å². The third-order valence-corrected chi connectivity index (χ3v) is 5.49. The van der Waals surface area contributed by atoms with Gasteiger partial charge in [0.15, 0.2) is 0 Å². The van der Waals surface area contributed by atoms with Crippen molar-refractivity contribution in [1.29, 1.82) is 0 Å². The molecule has 7 heteroatoms. The van der Waals surface area contributed by atoms with Crippen LogP contribution in [0, 0.1) is 0 Å². The summed E-state index contributed by atoms with van der Waals surface area (Å²) in [6, 6.07) is 12.7. The number of nitrogens with one attached hydrogen (secondary N) is 1. The summed E-state index contributed by atoms with van der Waals surface area (Å²) in [5.41, 5.74) is 0.661. The largest absolute Gasteiger partial charge is 0.350 e. The lowest BCUT2D eigenvalue weighted by molar-refractivity contribution is 0.0943. The molecule has 0 aliphatic carbocycles. The van der Waals surface area contributed by atoms with Crippen molar-refractivity contribution < 1.29 is 13.2 Å². The molecule has 2 aromatic carbocycles. The highest BCUT2D eigenvalue weighted by molar-refractivity contribution is 7.92. The lowest BCUT2D eigenvalue weighted by atomic mass is 10.2. The molecule has 0 aliphatic rings. The zero-order chi connectivity index (χ0) is 17.9. The lowest BCUT2D eigenvalue weighted by Gasteiger charge is -2.20. The smallest absolute Gasteiger partial charge is 0.264 e. The molecule has 0 aromatic heterocycles. The summed E-state index contributed by atoms with van der Waals surface area (Å²) in [4.78, 5) is 12.2. The van der Waals surface area contributed by atoms with Crippen molar-refractivity contribution >= 4 is 33.2 Å². The van der Waals surface area contributed by atoms with Gasteiger partial charge in [0.05, 0.1) is 21.2 Å². The minimum absolute atomic E-state index is 0.00663. The lowest BCUT2D eigenvalue weighted by Crippen LogP contribution is -2.31. The molecule has 0 aliphatic heterocycles. The van der Waals surface area contributed by atoms with Gasteiger partial charge in [-0.15, -0.1) is 0 Å². The summed E-state index contributed by atoms with van der Waals surface area (Å²) in [6.45, 7) is 3.63. The summed E-state index contributed by atoms with van der Waals surface area (Å²) in [6.07, 6.45) is 0. The van der Waals surface area contributed by atoms with Gasteiger partial charge in [-0.25, -0.2) is 8.42 Å². The third-order valence-electron chi connectivity index (χ3n) is 3.38. The van der Waals surface area contributed by atoms with E-state index in [9.17, 15) is 13.2 Å². The highest BCUT2D eigenvalue weighted by atomic mass is 35.5. The van der Waals surface area contributed by atoms with Crippen molar-refractivity contribution in [2.75, 3.05) is 11.4 Å². The zero-order valence-electron chi connectivity index (χ0n) is 13.7. The van der Waals surface area contributed by atoms with Gasteiger partial charge in [-0.1, -0.05) is 29.8 Å². The van der Waals surface area contributed by atoms with Gasteiger partial charge in [0.2, 0.25) is 0 Å². The van der Waals surface area contributed by atoms with Crippen molar-refractivity contribution in [1.82, 2.24) is 5.32 Å². The molecule has 5 nitrogen and oxygen atoms in total. The number of benzene rings is 2. The van der Waals surface area contributed by atoms with Gasteiger partial charge >= 0.3 is 0 Å². The Morgan fingerprint density at radius 3 is 2.33 bits per heavy atom. The standard InChI is InChI=1S/C17H19ClN2O3S/c1-12(2)19-17(21)15-11-14(9-10-16(15)18)24(22,23)20(3)13-7-5-4-6-8-13/h4-12H,1-3H3,(H,19,21). The number of carbonyl (C=O) groups excluding carboxylic acids is 1. The van der Waals surface area contributed by atoms with E-state index in [1.165, 1.54) is 29.6 Å². The number of anilines is 1. The van der Waals surface area contributed by atoms with E-state index in [1.807, 2.05) is 13.8 Å². The predicted molar refractivity (Wildman–Crippen MR) is 96.1 cm³/mol. The topological polar surface area (TPSA) is 66.5 Å². The van der Waals surface area contributed by atoms with E-state index < -0.39 is 15.9 Å². The number of para-hydroxylation sites is 1. The molecule has 1 N–H and O–H groups in total. The highest BCUT2D eigenvalue weighted by Gasteiger charge is 2.23. The number of halogens is 1. The molecule has 0 unspecified atom stereocenters. The van der Waals surface area contributed by atoms with E-state index in [0.717, 1.165) is 0 Å². The SMILES string of the molecule is CC(C)NC(=O)c1cc(S(=O)(=O)N(C)c2ccccc2)ccc1Cl. The predicted octanol–water partition coefficient (Wildman–Crippen LogP) is 3.30. The quantitative estimate of drug-likeness (QED) is 0.882. The normalized spacial score (nSPS) is 11.4. The molecule has 0 saturated carbocycles. The first-order valence-electron chi connectivity index (χ1n) is 7.38. The van der Waals surface area contributed by atoms with E-state index in [2.05, 4.69) is 5.32 Å². The van der Waals surface area contributed by atoms with Crippen molar-refractivity contribution in [3.8, 4) is 0 Å². The second-order valence-corrected chi connectivity index (χ2v) is 7.95. The van der Waals surface area contributed by atoms with E-state index >= 15 is 0 Å². The average molecular weight is 367 g/mol. The van der Waals surface area contributed by atoms with Crippen LogP contribution in [0.1, 0.15) is 24.2 Å². The Bertz CT molecular complexity index is 836. The molecule has 2 aromatic rings. The van der Waals surface area contributed by atoms with Crippen LogP contribution < -0.4 is 9.62 Å². The highest BCUT2D eigenvalue weighted by Crippen LogP contribution is 2.25. The number of hydrogen-bond acceptors (Lipinski definition) is 3. The zero-order valence-corrected chi connectivity index (χ0v) is 15.2. The summed E-state index contributed by atoms with van der Waals surface area (Å²) in [5.74, 6) is -0.408. The van der Waals surface area contributed by atoms with Crippen molar-refractivity contribution in [2.45, 2.75) is 24.8 Å². The van der Waals surface area contributed by atoms with E-state index in [-0.39, 0.29) is 21.5 Å². The molecular formula is C17H19ClN2O3S. The molecule has 0 fully saturated rings. The second-order valence-electron chi connectivity index (χ2n) is 5.58. The fourth-order valence-corrected chi connectivity index (χ4v) is 3.54. The van der Waals surface area contributed by atoms with Crippen LogP contribution in [-0.4, -0.2) is 27.4 Å². The molecular weight excluding hydrogens is 348 g/mol. The molecule has 0 bridgehead atoms. The number of rotatable bonds is 5. The van der Waals surface area contributed by atoms with Gasteiger partial charge < -0.3 is 5.32 Å². The van der Waals surface area contributed by atoms with Crippen LogP contribution in [0.5, 0.6) is 0 Å². The first-order chi connectivity index (χ1) is 11.2. The van der Waals surface area contributed by atoms with Crippen LogP contribution in [0.2, 0.25) is 5.02 Å². The number of carbonyl (C=O) groups is 1. The molecule has 1 amide bonds. The molecule has 0 spiro atoms. The van der Waals surface area contributed by atoms with E-state index in [1.54, 1.807) is 30.3 Å². The van der Waals surface area contributed by atoms with Crippen molar-refractivity contribution in [2.24, 2.45) is 0 Å². The average Bonchev–Trinajstić information content (AvgIpc) is 2.54. The molecule has 0 saturated heterocycles. The first-order valence-corrected chi connectivity index (χ1v) is 9.19. The maximum Gasteiger partial charge on any atom is 0.264 e. The first kappa shape index (κ1) is 18.3. The summed E-state index contributed by atoms with van der Waals surface area (Å²) in [7, 11) is -2.33. The minimum Gasteiger partial charge on any atom is -0.350 e. The Morgan fingerprint density at radius 1 is 1.12 bits per heavy atom. The fraction of sp³-hybridized carbons (Fsp3) is 0.235. The van der Waals surface area contributed by atoms with Crippen LogP contribution >= 0.6 is 11.6 Å². The Morgan fingerprint density at radius 2 is 1.75 bits per heavy atom. The molecule has 0 atom stereocenters. The summed E-state index contributed by atoms with van der Waals surface area (Å²) < 4.78 is 26.8.